The molecule has 8 heteroatoms. The van der Waals surface area contributed by atoms with Gasteiger partial charge < -0.3 is 14.5 Å². The minimum atomic E-state index is -0.508. The Kier molecular flexibility index (Phi) is 5.74. The molecule has 1 aromatic rings. The van der Waals surface area contributed by atoms with Crippen LogP contribution in [0, 0.1) is 16.0 Å². The van der Waals surface area contributed by atoms with E-state index in [1.54, 1.807) is 11.0 Å². The van der Waals surface area contributed by atoms with Gasteiger partial charge in [-0.25, -0.2) is 0 Å². The van der Waals surface area contributed by atoms with Gasteiger partial charge in [0, 0.05) is 49.8 Å². The van der Waals surface area contributed by atoms with Crippen molar-refractivity contribution in [2.24, 2.45) is 5.92 Å². The van der Waals surface area contributed by atoms with Gasteiger partial charge >= 0.3 is 0 Å². The Labute approximate surface area is 158 Å². The summed E-state index contributed by atoms with van der Waals surface area (Å²) in [4.78, 5) is 39.4. The Balaban J connectivity index is 1.58. The quantitative estimate of drug-likeness (QED) is 0.596. The molecule has 0 spiro atoms. The second-order valence-electron chi connectivity index (χ2n) is 7.37. The van der Waals surface area contributed by atoms with Crippen molar-refractivity contribution in [1.29, 1.82) is 0 Å². The lowest BCUT2D eigenvalue weighted by molar-refractivity contribution is -0.384. The Morgan fingerprint density at radius 2 is 1.74 bits per heavy atom. The first-order valence-corrected chi connectivity index (χ1v) is 9.33. The largest absolute Gasteiger partial charge is 0.372 e. The van der Waals surface area contributed by atoms with Crippen LogP contribution in [0.25, 0.3) is 0 Å². The fourth-order valence-electron chi connectivity index (χ4n) is 3.88. The number of rotatable bonds is 3. The van der Waals surface area contributed by atoms with Crippen molar-refractivity contribution in [3.63, 3.8) is 0 Å². The van der Waals surface area contributed by atoms with E-state index in [1.807, 2.05) is 18.7 Å². The third-order valence-corrected chi connectivity index (χ3v) is 5.17. The summed E-state index contributed by atoms with van der Waals surface area (Å²) in [5.41, 5.74) is 0.214. The summed E-state index contributed by atoms with van der Waals surface area (Å²) >= 11 is 0. The van der Waals surface area contributed by atoms with Gasteiger partial charge in [0.05, 0.1) is 17.1 Å². The van der Waals surface area contributed by atoms with Crippen LogP contribution in [0.5, 0.6) is 0 Å². The van der Waals surface area contributed by atoms with Crippen molar-refractivity contribution in [3.05, 3.63) is 39.9 Å². The van der Waals surface area contributed by atoms with Crippen molar-refractivity contribution in [3.8, 4) is 0 Å². The highest BCUT2D eigenvalue weighted by atomic mass is 16.6. The Morgan fingerprint density at radius 1 is 1.11 bits per heavy atom. The average Bonchev–Trinajstić information content (AvgIpc) is 2.66. The number of ether oxygens (including phenoxy) is 1. The summed E-state index contributed by atoms with van der Waals surface area (Å²) in [6, 6.07) is 5.77. The molecule has 8 nitrogen and oxygen atoms in total. The second kappa shape index (κ2) is 8.04. The molecule has 2 aliphatic heterocycles. The van der Waals surface area contributed by atoms with Gasteiger partial charge in [-0.3, -0.25) is 19.7 Å². The summed E-state index contributed by atoms with van der Waals surface area (Å²) in [5.74, 6) is -0.172. The molecule has 0 unspecified atom stereocenters. The van der Waals surface area contributed by atoms with E-state index in [0.717, 1.165) is 0 Å². The molecule has 3 rings (SSSR count). The average molecular weight is 375 g/mol. The number of nitro benzene ring substituents is 1. The molecule has 0 saturated carbocycles. The van der Waals surface area contributed by atoms with Gasteiger partial charge in [-0.2, -0.15) is 0 Å². The first kappa shape index (κ1) is 19.3. The van der Waals surface area contributed by atoms with Gasteiger partial charge in [0.1, 0.15) is 0 Å². The lowest BCUT2D eigenvalue weighted by Gasteiger charge is -2.39. The van der Waals surface area contributed by atoms with E-state index >= 15 is 0 Å². The van der Waals surface area contributed by atoms with E-state index < -0.39 is 4.92 Å². The molecule has 0 aliphatic carbocycles. The Morgan fingerprint density at radius 3 is 2.33 bits per heavy atom. The predicted molar refractivity (Wildman–Crippen MR) is 98.3 cm³/mol. The molecule has 2 heterocycles. The number of likely N-dealkylation sites (tertiary alicyclic amines) is 1. The molecule has 2 fully saturated rings. The van der Waals surface area contributed by atoms with Gasteiger partial charge in [-0.05, 0) is 32.8 Å². The van der Waals surface area contributed by atoms with Crippen LogP contribution in [0.2, 0.25) is 0 Å². The van der Waals surface area contributed by atoms with Gasteiger partial charge in [0.2, 0.25) is 5.91 Å². The van der Waals surface area contributed by atoms with E-state index in [4.69, 9.17) is 4.74 Å². The minimum Gasteiger partial charge on any atom is -0.372 e. The fourth-order valence-corrected chi connectivity index (χ4v) is 3.88. The maximum atomic E-state index is 12.8. The number of amides is 2. The number of non-ortho nitro benzene ring substituents is 1. The highest BCUT2D eigenvalue weighted by Crippen LogP contribution is 2.24. The molecular formula is C19H25N3O5. The highest BCUT2D eigenvalue weighted by molar-refractivity contribution is 5.95. The molecule has 2 saturated heterocycles. The van der Waals surface area contributed by atoms with E-state index in [-0.39, 0.29) is 35.6 Å². The maximum Gasteiger partial charge on any atom is 0.270 e. The second-order valence-corrected chi connectivity index (χ2v) is 7.37. The van der Waals surface area contributed by atoms with Crippen LogP contribution < -0.4 is 0 Å². The molecule has 146 valence electrons. The minimum absolute atomic E-state index is 0.0354. The summed E-state index contributed by atoms with van der Waals surface area (Å²) in [7, 11) is 0. The standard InChI is InChI=1S/C19H25N3O5/c1-13-11-21(12-14(2)27-13)18(23)15-6-8-20(9-7-15)19(24)16-4-3-5-17(10-16)22(25)26/h3-5,10,13-15H,6-9,11-12H2,1-2H3/t13-,14-/m1/s1. The summed E-state index contributed by atoms with van der Waals surface area (Å²) < 4.78 is 5.68. The molecule has 27 heavy (non-hydrogen) atoms. The first-order chi connectivity index (χ1) is 12.8. The topological polar surface area (TPSA) is 93.0 Å². The van der Waals surface area contributed by atoms with Gasteiger partial charge in [0.25, 0.3) is 11.6 Å². The number of benzene rings is 1. The van der Waals surface area contributed by atoms with E-state index in [9.17, 15) is 19.7 Å². The molecule has 0 radical (unpaired) electrons. The van der Waals surface area contributed by atoms with Gasteiger partial charge in [-0.1, -0.05) is 6.07 Å². The molecule has 2 atom stereocenters. The predicted octanol–water partition coefficient (Wildman–Crippen LogP) is 2.08. The summed E-state index contributed by atoms with van der Waals surface area (Å²) in [6.07, 6.45) is 1.29. The fraction of sp³-hybridized carbons (Fsp3) is 0.579. The number of nitro groups is 1. The third kappa shape index (κ3) is 4.44. The zero-order valence-corrected chi connectivity index (χ0v) is 15.7. The Hall–Kier alpha value is -2.48. The zero-order chi connectivity index (χ0) is 19.6. The van der Waals surface area contributed by atoms with Crippen molar-refractivity contribution in [2.75, 3.05) is 26.2 Å². The SMILES string of the molecule is C[C@@H]1CN(C(=O)C2CCN(C(=O)c3cccc([N+](=O)[O-])c3)CC2)C[C@@H](C)O1. The molecule has 1 aromatic carbocycles. The number of morpholine rings is 1. The normalized spacial score (nSPS) is 23.9. The van der Waals surface area contributed by atoms with E-state index in [2.05, 4.69) is 0 Å². The lowest BCUT2D eigenvalue weighted by Crippen LogP contribution is -2.51. The van der Waals surface area contributed by atoms with E-state index in [1.165, 1.54) is 18.2 Å². The maximum absolute atomic E-state index is 12.8. The van der Waals surface area contributed by atoms with Crippen LogP contribution in [0.15, 0.2) is 24.3 Å². The number of carbonyl (C=O) groups is 2. The van der Waals surface area contributed by atoms with Crippen molar-refractivity contribution < 1.29 is 19.2 Å². The monoisotopic (exact) mass is 375 g/mol. The number of hydrogen-bond acceptors (Lipinski definition) is 5. The number of hydrogen-bond donors (Lipinski definition) is 0. The van der Waals surface area contributed by atoms with Crippen molar-refractivity contribution in [1.82, 2.24) is 9.80 Å². The third-order valence-electron chi connectivity index (χ3n) is 5.17. The molecule has 0 N–H and O–H groups in total. The van der Waals surface area contributed by atoms with Crippen LogP contribution in [0.3, 0.4) is 0 Å². The van der Waals surface area contributed by atoms with Crippen LogP contribution >= 0.6 is 0 Å². The van der Waals surface area contributed by atoms with Crippen LogP contribution in [0.4, 0.5) is 5.69 Å². The van der Waals surface area contributed by atoms with Crippen molar-refractivity contribution >= 4 is 17.5 Å². The van der Waals surface area contributed by atoms with Gasteiger partial charge in [0.15, 0.2) is 0 Å². The van der Waals surface area contributed by atoms with Crippen LogP contribution in [-0.2, 0) is 9.53 Å². The zero-order valence-electron chi connectivity index (χ0n) is 15.7. The molecule has 2 amide bonds. The number of piperidine rings is 1. The lowest BCUT2D eigenvalue weighted by atomic mass is 9.94. The van der Waals surface area contributed by atoms with Crippen LogP contribution in [0.1, 0.15) is 37.0 Å². The summed E-state index contributed by atoms with van der Waals surface area (Å²) in [5, 5.41) is 10.9. The molecule has 0 aromatic heterocycles. The highest BCUT2D eigenvalue weighted by Gasteiger charge is 2.33. The summed E-state index contributed by atoms with van der Waals surface area (Å²) in [6.45, 7) is 6.11. The van der Waals surface area contributed by atoms with E-state index in [0.29, 0.717) is 44.6 Å². The Bertz CT molecular complexity index is 720. The van der Waals surface area contributed by atoms with Crippen molar-refractivity contribution in [2.45, 2.75) is 38.9 Å². The molecule has 0 bridgehead atoms. The number of nitrogens with zero attached hydrogens (tertiary/aromatic N) is 3. The molecule has 2 aliphatic rings. The van der Waals surface area contributed by atoms with Crippen LogP contribution in [-0.4, -0.2) is 64.9 Å². The smallest absolute Gasteiger partial charge is 0.270 e. The van der Waals surface area contributed by atoms with Gasteiger partial charge in [-0.15, -0.1) is 0 Å². The molecular weight excluding hydrogens is 350 g/mol. The first-order valence-electron chi connectivity index (χ1n) is 9.33. The number of carbonyl (C=O) groups excluding carboxylic acids is 2.